The molecule has 0 spiro atoms. The van der Waals surface area contributed by atoms with Crippen LogP contribution < -0.4 is 10.9 Å². The summed E-state index contributed by atoms with van der Waals surface area (Å²) < 4.78 is 3.54. The number of fused-ring (bicyclic) bond motifs is 3. The molecular formula is C27H25N5O2S. The third kappa shape index (κ3) is 4.70. The third-order valence-corrected chi connectivity index (χ3v) is 6.86. The molecule has 1 N–H and O–H groups in total. The topological polar surface area (TPSA) is 81.3 Å². The van der Waals surface area contributed by atoms with Gasteiger partial charge in [-0.05, 0) is 49.6 Å². The minimum absolute atomic E-state index is 0.0967. The molecule has 2 heterocycles. The zero-order valence-corrected chi connectivity index (χ0v) is 20.4. The van der Waals surface area contributed by atoms with Gasteiger partial charge in [0.2, 0.25) is 11.7 Å². The first-order valence-corrected chi connectivity index (χ1v) is 12.4. The molecule has 0 bridgehead atoms. The summed E-state index contributed by atoms with van der Waals surface area (Å²) in [4.78, 5) is 26.0. The van der Waals surface area contributed by atoms with E-state index < -0.39 is 0 Å². The Bertz CT molecular complexity index is 1590. The fourth-order valence-corrected chi connectivity index (χ4v) is 4.92. The monoisotopic (exact) mass is 483 g/mol. The van der Waals surface area contributed by atoms with E-state index >= 15 is 0 Å². The molecule has 0 saturated carbocycles. The Labute approximate surface area is 206 Å². The largest absolute Gasteiger partial charge is 0.325 e. The molecule has 2 aromatic heterocycles. The lowest BCUT2D eigenvalue weighted by Gasteiger charge is -2.12. The van der Waals surface area contributed by atoms with E-state index in [1.54, 1.807) is 4.57 Å². The number of anilines is 1. The van der Waals surface area contributed by atoms with Crippen LogP contribution in [0.3, 0.4) is 0 Å². The van der Waals surface area contributed by atoms with Crippen LogP contribution in [0.25, 0.3) is 16.7 Å². The Kier molecular flexibility index (Phi) is 6.37. The van der Waals surface area contributed by atoms with Crippen molar-refractivity contribution in [3.63, 3.8) is 0 Å². The molecule has 35 heavy (non-hydrogen) atoms. The molecule has 0 atom stereocenters. The predicted octanol–water partition coefficient (Wildman–Crippen LogP) is 4.63. The summed E-state index contributed by atoms with van der Waals surface area (Å²) in [5.74, 6) is 0.522. The van der Waals surface area contributed by atoms with Gasteiger partial charge in [-0.15, -0.1) is 10.2 Å². The molecule has 0 fully saturated rings. The molecule has 1 amide bonds. The molecule has 3 aromatic carbocycles. The second kappa shape index (κ2) is 9.76. The van der Waals surface area contributed by atoms with Crippen LogP contribution in [-0.4, -0.2) is 30.8 Å². The highest BCUT2D eigenvalue weighted by molar-refractivity contribution is 7.99. The summed E-state index contributed by atoms with van der Waals surface area (Å²) in [6, 6.07) is 23.4. The van der Waals surface area contributed by atoms with E-state index in [4.69, 9.17) is 0 Å². The van der Waals surface area contributed by atoms with Gasteiger partial charge in [0.1, 0.15) is 0 Å². The Hall–Kier alpha value is -3.91. The molecule has 7 nitrogen and oxygen atoms in total. The van der Waals surface area contributed by atoms with Crippen LogP contribution in [-0.2, 0) is 17.8 Å². The second-order valence-corrected chi connectivity index (χ2v) is 9.43. The average molecular weight is 484 g/mol. The molecule has 8 heteroatoms. The summed E-state index contributed by atoms with van der Waals surface area (Å²) in [5.41, 5.74) is 4.74. The third-order valence-electron chi connectivity index (χ3n) is 5.93. The first-order valence-electron chi connectivity index (χ1n) is 11.4. The number of carbonyl (C=O) groups is 1. The van der Waals surface area contributed by atoms with Crippen molar-refractivity contribution >= 4 is 40.0 Å². The Morgan fingerprint density at radius 2 is 1.74 bits per heavy atom. The van der Waals surface area contributed by atoms with Crippen molar-refractivity contribution < 1.29 is 4.79 Å². The van der Waals surface area contributed by atoms with Crippen molar-refractivity contribution in [1.82, 2.24) is 19.2 Å². The van der Waals surface area contributed by atoms with E-state index in [9.17, 15) is 9.59 Å². The Morgan fingerprint density at radius 3 is 2.54 bits per heavy atom. The quantitative estimate of drug-likeness (QED) is 0.341. The van der Waals surface area contributed by atoms with Crippen LogP contribution in [0.2, 0.25) is 0 Å². The normalized spacial score (nSPS) is 11.3. The summed E-state index contributed by atoms with van der Waals surface area (Å²) >= 11 is 1.30. The lowest BCUT2D eigenvalue weighted by atomic mass is 10.1. The molecule has 0 aliphatic rings. The molecule has 5 aromatic rings. The molecule has 5 rings (SSSR count). The molecule has 0 unspecified atom stereocenters. The van der Waals surface area contributed by atoms with E-state index in [1.807, 2.05) is 91.0 Å². The fourth-order valence-electron chi connectivity index (χ4n) is 4.18. The van der Waals surface area contributed by atoms with Gasteiger partial charge in [0.15, 0.2) is 5.16 Å². The van der Waals surface area contributed by atoms with Gasteiger partial charge in [-0.25, -0.2) is 0 Å². The van der Waals surface area contributed by atoms with E-state index in [0.717, 1.165) is 27.9 Å². The van der Waals surface area contributed by atoms with Gasteiger partial charge >= 0.3 is 0 Å². The first kappa shape index (κ1) is 22.9. The van der Waals surface area contributed by atoms with Gasteiger partial charge < -0.3 is 5.32 Å². The lowest BCUT2D eigenvalue weighted by Crippen LogP contribution is -2.24. The summed E-state index contributed by atoms with van der Waals surface area (Å²) in [6.45, 7) is 4.48. The van der Waals surface area contributed by atoms with Gasteiger partial charge in [-0.2, -0.15) is 0 Å². The fraction of sp³-hybridized carbons (Fsp3) is 0.185. The number of hydrogen-bond acceptors (Lipinski definition) is 5. The zero-order chi connectivity index (χ0) is 24.4. The lowest BCUT2D eigenvalue weighted by molar-refractivity contribution is -0.113. The van der Waals surface area contributed by atoms with Crippen LogP contribution in [0.5, 0.6) is 0 Å². The zero-order valence-electron chi connectivity index (χ0n) is 19.6. The standard InChI is InChI=1S/C27H25N5O2S/c1-18-12-13-22(19(2)16-18)28-24(33)17-35-27-30-29-26-31(15-14-20-8-4-3-5-9-20)25(34)21-10-6-7-11-23(21)32(26)27/h3-13,16H,14-15,17H2,1-2H3,(H,28,33). The summed E-state index contributed by atoms with van der Waals surface area (Å²) in [5, 5.41) is 12.8. The van der Waals surface area contributed by atoms with Crippen molar-refractivity contribution in [3.8, 4) is 0 Å². The summed E-state index contributed by atoms with van der Waals surface area (Å²) in [6.07, 6.45) is 0.697. The smallest absolute Gasteiger partial charge is 0.262 e. The van der Waals surface area contributed by atoms with Crippen LogP contribution in [0.4, 0.5) is 5.69 Å². The van der Waals surface area contributed by atoms with Crippen molar-refractivity contribution in [2.45, 2.75) is 32.0 Å². The van der Waals surface area contributed by atoms with Crippen LogP contribution >= 0.6 is 11.8 Å². The molecular weight excluding hydrogens is 458 g/mol. The molecule has 176 valence electrons. The Morgan fingerprint density at radius 1 is 0.971 bits per heavy atom. The van der Waals surface area contributed by atoms with Crippen molar-refractivity contribution in [2.75, 3.05) is 11.1 Å². The molecule has 0 aliphatic heterocycles. The molecule has 0 saturated heterocycles. The van der Waals surface area contributed by atoms with Gasteiger partial charge in [-0.1, -0.05) is 71.9 Å². The van der Waals surface area contributed by atoms with Crippen molar-refractivity contribution in [2.24, 2.45) is 0 Å². The minimum Gasteiger partial charge on any atom is -0.325 e. The number of rotatable bonds is 7. The van der Waals surface area contributed by atoms with E-state index in [1.165, 1.54) is 11.8 Å². The highest BCUT2D eigenvalue weighted by Gasteiger charge is 2.18. The average Bonchev–Trinajstić information content (AvgIpc) is 3.29. The highest BCUT2D eigenvalue weighted by Crippen LogP contribution is 2.23. The van der Waals surface area contributed by atoms with E-state index in [2.05, 4.69) is 15.5 Å². The minimum atomic E-state index is -0.125. The maximum absolute atomic E-state index is 13.3. The number of benzene rings is 3. The van der Waals surface area contributed by atoms with Crippen LogP contribution in [0.1, 0.15) is 16.7 Å². The summed E-state index contributed by atoms with van der Waals surface area (Å²) in [7, 11) is 0. The van der Waals surface area contributed by atoms with Crippen molar-refractivity contribution in [1.29, 1.82) is 0 Å². The van der Waals surface area contributed by atoms with Gasteiger partial charge in [0.25, 0.3) is 5.56 Å². The number of nitrogens with zero attached hydrogens (tertiary/aromatic N) is 4. The van der Waals surface area contributed by atoms with Crippen LogP contribution in [0.15, 0.2) is 82.7 Å². The predicted molar refractivity (Wildman–Crippen MR) is 140 cm³/mol. The van der Waals surface area contributed by atoms with Gasteiger partial charge in [0, 0.05) is 12.2 Å². The number of aromatic nitrogens is 4. The molecule has 0 aliphatic carbocycles. The van der Waals surface area contributed by atoms with Crippen LogP contribution in [0, 0.1) is 13.8 Å². The number of nitrogens with one attached hydrogen (secondary N) is 1. The maximum atomic E-state index is 13.3. The first-order chi connectivity index (χ1) is 17.0. The Balaban J connectivity index is 1.45. The number of aryl methyl sites for hydroxylation is 4. The number of hydrogen-bond donors (Lipinski definition) is 1. The number of carbonyl (C=O) groups excluding carboxylic acids is 1. The van der Waals surface area contributed by atoms with Gasteiger partial charge in [-0.3, -0.25) is 18.6 Å². The van der Waals surface area contributed by atoms with E-state index in [0.29, 0.717) is 29.3 Å². The molecule has 0 radical (unpaired) electrons. The number of thioether (sulfide) groups is 1. The second-order valence-electron chi connectivity index (χ2n) is 8.48. The number of amides is 1. The van der Waals surface area contributed by atoms with Crippen molar-refractivity contribution in [3.05, 3.63) is 99.8 Å². The maximum Gasteiger partial charge on any atom is 0.262 e. The number of para-hydroxylation sites is 1. The highest BCUT2D eigenvalue weighted by atomic mass is 32.2. The van der Waals surface area contributed by atoms with Gasteiger partial charge in [0.05, 0.1) is 16.7 Å². The SMILES string of the molecule is Cc1ccc(NC(=O)CSc2nnc3n(CCc4ccccc4)c(=O)c4ccccc4n23)c(C)c1. The van der Waals surface area contributed by atoms with E-state index in [-0.39, 0.29) is 17.2 Å².